The van der Waals surface area contributed by atoms with E-state index in [1.165, 1.54) is 6.42 Å². The van der Waals surface area contributed by atoms with Crippen LogP contribution in [0, 0.1) is 5.92 Å². The van der Waals surface area contributed by atoms with Crippen molar-refractivity contribution in [2.75, 3.05) is 18.4 Å². The first-order valence-electron chi connectivity index (χ1n) is 8.66. The Morgan fingerprint density at radius 3 is 2.44 bits per heavy atom. The van der Waals surface area contributed by atoms with Crippen LogP contribution < -0.4 is 5.32 Å². The van der Waals surface area contributed by atoms with E-state index in [1.807, 2.05) is 23.1 Å². The minimum Gasteiger partial charge on any atom is -0.354 e. The van der Waals surface area contributed by atoms with E-state index < -0.39 is 0 Å². The number of rotatable bonds is 4. The Kier molecular flexibility index (Phi) is 5.12. The molecule has 1 N–H and O–H groups in total. The molecular formula is C20H23N3O2. The summed E-state index contributed by atoms with van der Waals surface area (Å²) in [5.74, 6) is 0.601. The highest BCUT2D eigenvalue weighted by molar-refractivity contribution is 5.94. The van der Waals surface area contributed by atoms with Crippen LogP contribution in [0.1, 0.15) is 47.5 Å². The van der Waals surface area contributed by atoms with Crippen molar-refractivity contribution in [3.05, 3.63) is 53.9 Å². The summed E-state index contributed by atoms with van der Waals surface area (Å²) in [6, 6.07) is 10.9. The number of pyridine rings is 1. The molecule has 3 rings (SSSR count). The number of benzene rings is 1. The van der Waals surface area contributed by atoms with E-state index in [0.717, 1.165) is 30.9 Å². The maximum atomic E-state index is 12.5. The molecule has 130 valence electrons. The minimum atomic E-state index is 0.00362. The highest BCUT2D eigenvalue weighted by Gasteiger charge is 2.22. The second-order valence-electron chi connectivity index (χ2n) is 6.69. The van der Waals surface area contributed by atoms with Gasteiger partial charge in [-0.1, -0.05) is 6.92 Å². The van der Waals surface area contributed by atoms with Crippen molar-refractivity contribution in [3.8, 4) is 0 Å². The Hall–Kier alpha value is -2.69. The SMILES string of the molecule is CC(=O)c1ccc(Nc2ccc(C(=O)N3CCCC(C)C3)nc2)cc1. The Morgan fingerprint density at radius 2 is 1.84 bits per heavy atom. The van der Waals surface area contributed by atoms with Crippen LogP contribution in [0.4, 0.5) is 11.4 Å². The van der Waals surface area contributed by atoms with Crippen LogP contribution in [-0.2, 0) is 0 Å². The summed E-state index contributed by atoms with van der Waals surface area (Å²) in [5.41, 5.74) is 2.84. The highest BCUT2D eigenvalue weighted by Crippen LogP contribution is 2.19. The number of amides is 1. The topological polar surface area (TPSA) is 62.3 Å². The third-order valence-corrected chi connectivity index (χ3v) is 4.51. The maximum Gasteiger partial charge on any atom is 0.272 e. The van der Waals surface area contributed by atoms with Gasteiger partial charge in [0.05, 0.1) is 11.9 Å². The van der Waals surface area contributed by atoms with Gasteiger partial charge in [0.2, 0.25) is 0 Å². The van der Waals surface area contributed by atoms with Crippen LogP contribution in [0.5, 0.6) is 0 Å². The van der Waals surface area contributed by atoms with Crippen molar-refractivity contribution in [1.82, 2.24) is 9.88 Å². The van der Waals surface area contributed by atoms with E-state index in [1.54, 1.807) is 31.3 Å². The summed E-state index contributed by atoms with van der Waals surface area (Å²) < 4.78 is 0. The average molecular weight is 337 g/mol. The van der Waals surface area contributed by atoms with Gasteiger partial charge in [0.25, 0.3) is 5.91 Å². The third kappa shape index (κ3) is 4.24. The largest absolute Gasteiger partial charge is 0.354 e. The van der Waals surface area contributed by atoms with E-state index in [2.05, 4.69) is 17.2 Å². The molecule has 1 aliphatic rings. The summed E-state index contributed by atoms with van der Waals surface area (Å²) in [4.78, 5) is 30.0. The van der Waals surface area contributed by atoms with Gasteiger partial charge in [0.1, 0.15) is 5.69 Å². The molecule has 1 aromatic carbocycles. The van der Waals surface area contributed by atoms with Gasteiger partial charge in [-0.3, -0.25) is 9.59 Å². The van der Waals surface area contributed by atoms with Crippen LogP contribution >= 0.6 is 0 Å². The smallest absolute Gasteiger partial charge is 0.272 e. The second kappa shape index (κ2) is 7.47. The monoisotopic (exact) mass is 337 g/mol. The van der Waals surface area contributed by atoms with Gasteiger partial charge in [-0.2, -0.15) is 0 Å². The van der Waals surface area contributed by atoms with Crippen molar-refractivity contribution in [2.45, 2.75) is 26.7 Å². The van der Waals surface area contributed by atoms with Crippen LogP contribution in [0.3, 0.4) is 0 Å². The lowest BCUT2D eigenvalue weighted by atomic mass is 10.00. The molecule has 1 atom stereocenters. The van der Waals surface area contributed by atoms with E-state index >= 15 is 0 Å². The van der Waals surface area contributed by atoms with E-state index in [4.69, 9.17) is 0 Å². The van der Waals surface area contributed by atoms with Crippen molar-refractivity contribution in [3.63, 3.8) is 0 Å². The van der Waals surface area contributed by atoms with E-state index in [9.17, 15) is 9.59 Å². The van der Waals surface area contributed by atoms with Gasteiger partial charge in [0, 0.05) is 24.3 Å². The Balaban J connectivity index is 1.65. The van der Waals surface area contributed by atoms with Crippen LogP contribution in [0.15, 0.2) is 42.6 Å². The molecule has 0 radical (unpaired) electrons. The van der Waals surface area contributed by atoms with Crippen LogP contribution in [0.25, 0.3) is 0 Å². The molecule has 0 bridgehead atoms. The Morgan fingerprint density at radius 1 is 1.12 bits per heavy atom. The van der Waals surface area contributed by atoms with Crippen LogP contribution in [-0.4, -0.2) is 34.7 Å². The number of Topliss-reactive ketones (excluding diaryl/α,β-unsaturated/α-hetero) is 1. The van der Waals surface area contributed by atoms with Crippen molar-refractivity contribution in [1.29, 1.82) is 0 Å². The summed E-state index contributed by atoms with van der Waals surface area (Å²) in [6.07, 6.45) is 3.91. The van der Waals surface area contributed by atoms with Gasteiger partial charge in [-0.15, -0.1) is 0 Å². The molecule has 2 aromatic rings. The predicted octanol–water partition coefficient (Wildman–Crippen LogP) is 3.90. The van der Waals surface area contributed by atoms with Gasteiger partial charge < -0.3 is 10.2 Å². The van der Waals surface area contributed by atoms with Crippen molar-refractivity contribution < 1.29 is 9.59 Å². The average Bonchev–Trinajstić information content (AvgIpc) is 2.62. The Labute approximate surface area is 148 Å². The van der Waals surface area contributed by atoms with Gasteiger partial charge in [-0.25, -0.2) is 4.98 Å². The number of aromatic nitrogens is 1. The molecule has 1 aromatic heterocycles. The Bertz CT molecular complexity index is 754. The third-order valence-electron chi connectivity index (χ3n) is 4.51. The molecule has 1 amide bonds. The van der Waals surface area contributed by atoms with Crippen LogP contribution in [0.2, 0.25) is 0 Å². The molecule has 0 spiro atoms. The number of carbonyl (C=O) groups excluding carboxylic acids is 2. The molecule has 1 fully saturated rings. The fourth-order valence-corrected chi connectivity index (χ4v) is 3.09. The molecule has 2 heterocycles. The van der Waals surface area contributed by atoms with E-state index in [-0.39, 0.29) is 11.7 Å². The number of nitrogens with one attached hydrogen (secondary N) is 1. The number of hydrogen-bond acceptors (Lipinski definition) is 4. The summed E-state index contributed by atoms with van der Waals surface area (Å²) >= 11 is 0. The number of likely N-dealkylation sites (tertiary alicyclic amines) is 1. The fraction of sp³-hybridized carbons (Fsp3) is 0.350. The number of hydrogen-bond donors (Lipinski definition) is 1. The molecule has 1 aliphatic heterocycles. The molecule has 5 heteroatoms. The predicted molar refractivity (Wildman–Crippen MR) is 98.3 cm³/mol. The second-order valence-corrected chi connectivity index (χ2v) is 6.69. The molecule has 0 aliphatic carbocycles. The van der Waals surface area contributed by atoms with Gasteiger partial charge in [0.15, 0.2) is 5.78 Å². The normalized spacial score (nSPS) is 17.2. The van der Waals surface area contributed by atoms with Gasteiger partial charge in [-0.05, 0) is 62.1 Å². The minimum absolute atomic E-state index is 0.00362. The first-order chi connectivity index (χ1) is 12.0. The first kappa shape index (κ1) is 17.1. The molecule has 0 saturated carbocycles. The number of carbonyl (C=O) groups is 2. The highest BCUT2D eigenvalue weighted by atomic mass is 16.2. The first-order valence-corrected chi connectivity index (χ1v) is 8.66. The van der Waals surface area contributed by atoms with Gasteiger partial charge >= 0.3 is 0 Å². The lowest BCUT2D eigenvalue weighted by Crippen LogP contribution is -2.39. The van der Waals surface area contributed by atoms with Crippen molar-refractivity contribution in [2.24, 2.45) is 5.92 Å². The number of anilines is 2. The zero-order valence-electron chi connectivity index (χ0n) is 14.7. The summed E-state index contributed by atoms with van der Waals surface area (Å²) in [7, 11) is 0. The number of ketones is 1. The molecular weight excluding hydrogens is 314 g/mol. The fourth-order valence-electron chi connectivity index (χ4n) is 3.09. The molecule has 1 unspecified atom stereocenters. The lowest BCUT2D eigenvalue weighted by Gasteiger charge is -2.30. The summed E-state index contributed by atoms with van der Waals surface area (Å²) in [5, 5.41) is 3.22. The maximum absolute atomic E-state index is 12.5. The molecule has 1 saturated heterocycles. The zero-order chi connectivity index (χ0) is 17.8. The molecule has 5 nitrogen and oxygen atoms in total. The number of nitrogens with zero attached hydrogens (tertiary/aromatic N) is 2. The quantitative estimate of drug-likeness (QED) is 0.860. The van der Waals surface area contributed by atoms with E-state index in [0.29, 0.717) is 17.2 Å². The summed E-state index contributed by atoms with van der Waals surface area (Å²) in [6.45, 7) is 5.35. The standard InChI is InChI=1S/C20H23N3O2/c1-14-4-3-11-23(13-14)20(25)19-10-9-18(12-21-19)22-17-7-5-16(6-8-17)15(2)24/h5-10,12,14,22H,3-4,11,13H2,1-2H3. The number of piperidine rings is 1. The zero-order valence-corrected chi connectivity index (χ0v) is 14.7. The molecule has 25 heavy (non-hydrogen) atoms. The van der Waals surface area contributed by atoms with Crippen molar-refractivity contribution >= 4 is 23.1 Å². The lowest BCUT2D eigenvalue weighted by molar-refractivity contribution is 0.0677.